The molecule has 5 atom stereocenters. The van der Waals surface area contributed by atoms with Crippen molar-refractivity contribution in [2.45, 2.75) is 96.4 Å². The number of rotatable bonds is 23. The number of amides is 5. The van der Waals surface area contributed by atoms with Crippen molar-refractivity contribution >= 4 is 47.4 Å². The van der Waals surface area contributed by atoms with E-state index in [1.165, 1.54) is 14.1 Å². The predicted octanol–water partition coefficient (Wildman–Crippen LogP) is -2.63. The molecular weight excluding hydrogens is 664 g/mol. The van der Waals surface area contributed by atoms with Crippen LogP contribution in [0.15, 0.2) is 9.98 Å². The highest BCUT2D eigenvalue weighted by Gasteiger charge is 2.38. The van der Waals surface area contributed by atoms with Gasteiger partial charge in [0, 0.05) is 40.0 Å². The molecule has 0 fully saturated rings. The molecule has 13 N–H and O–H groups in total. The van der Waals surface area contributed by atoms with E-state index in [9.17, 15) is 33.9 Å². The van der Waals surface area contributed by atoms with Crippen LogP contribution in [-0.2, 0) is 28.8 Å². The summed E-state index contributed by atoms with van der Waals surface area (Å²) in [6, 6.07) is -5.25. The molecule has 5 amide bonds. The van der Waals surface area contributed by atoms with Gasteiger partial charge in [-0.25, -0.2) is 4.79 Å². The van der Waals surface area contributed by atoms with E-state index in [0.29, 0.717) is 32.4 Å². The van der Waals surface area contributed by atoms with Crippen molar-refractivity contribution < 1.29 is 38.4 Å². The molecular formula is C32H63N12O7+. The number of carbonyl (C=O) groups is 6. The average Bonchev–Trinajstić information content (AvgIpc) is 3.01. The summed E-state index contributed by atoms with van der Waals surface area (Å²) in [5.41, 5.74) is 21.7. The number of guanidine groups is 2. The van der Waals surface area contributed by atoms with Crippen molar-refractivity contribution in [3.05, 3.63) is 0 Å². The van der Waals surface area contributed by atoms with Crippen molar-refractivity contribution in [3.8, 4) is 0 Å². The van der Waals surface area contributed by atoms with Gasteiger partial charge in [0.25, 0.3) is 5.91 Å². The molecule has 0 unspecified atom stereocenters. The summed E-state index contributed by atoms with van der Waals surface area (Å²) in [4.78, 5) is 86.8. The Balaban J connectivity index is 6.17. The second-order valence-electron chi connectivity index (χ2n) is 14.1. The van der Waals surface area contributed by atoms with Crippen LogP contribution >= 0.6 is 0 Å². The van der Waals surface area contributed by atoms with Gasteiger partial charge in [-0.2, -0.15) is 0 Å². The van der Waals surface area contributed by atoms with Crippen molar-refractivity contribution in [2.75, 3.05) is 48.3 Å². The number of aliphatic carboxylic acids is 1. The highest BCUT2D eigenvalue weighted by atomic mass is 16.4. The Labute approximate surface area is 301 Å². The van der Waals surface area contributed by atoms with Crippen LogP contribution in [0.5, 0.6) is 0 Å². The average molecular weight is 728 g/mol. The molecule has 0 aliphatic carbocycles. The van der Waals surface area contributed by atoms with E-state index in [1.807, 2.05) is 21.1 Å². The molecule has 0 spiro atoms. The normalized spacial score (nSPS) is 14.8. The standard InChI is InChI=1S/C32H62N12O7/c1-18(2)24(42-28(48)25(19(3)4)41-26(46)22(44(7,8)9)13-11-16-38-31(34)35)27(47)40-20(12-10-17-39-32(36)37-5)29(49)43(6)21(30(50)51)14-15-23(33)45/h18-22,24-25H,10-17H2,1-9H3,(H12-,33,34,35,36,37,38,39,40,41,42,45,46,47,48,50,51)/p+1/t20-,21+,22-,24-,25+/m1/s1. The first-order valence-electron chi connectivity index (χ1n) is 17.1. The highest BCUT2D eigenvalue weighted by molar-refractivity contribution is 5.95. The lowest BCUT2D eigenvalue weighted by atomic mass is 9.98. The van der Waals surface area contributed by atoms with Gasteiger partial charge < -0.3 is 58.7 Å². The molecule has 0 rings (SSSR count). The summed E-state index contributed by atoms with van der Waals surface area (Å²) in [6.45, 7) is 7.58. The number of hydrogen-bond donors (Lipinski definition) is 9. The quantitative estimate of drug-likeness (QED) is 0.0227. The second-order valence-corrected chi connectivity index (χ2v) is 14.1. The fraction of sp³-hybridized carbons (Fsp3) is 0.750. The SMILES string of the molecule is CN=C(N)NCCC[C@@H](NC(=O)[C@H](NC(=O)[C@@H](NC(=O)[C@@H](CCCN=C(N)N)[N+](C)(C)C)C(C)C)C(C)C)C(=O)N(C)[C@@H](CCC(N)=O)C(=O)O. The molecule has 19 nitrogen and oxygen atoms in total. The van der Waals surface area contributed by atoms with Crippen molar-refractivity contribution in [2.24, 2.45) is 44.8 Å². The van der Waals surface area contributed by atoms with Crippen molar-refractivity contribution in [1.82, 2.24) is 26.2 Å². The minimum Gasteiger partial charge on any atom is -0.480 e. The second kappa shape index (κ2) is 22.2. The van der Waals surface area contributed by atoms with Crippen LogP contribution in [0.2, 0.25) is 0 Å². The Kier molecular flexibility index (Phi) is 20.2. The van der Waals surface area contributed by atoms with Gasteiger partial charge in [-0.15, -0.1) is 0 Å². The number of carbonyl (C=O) groups excluding carboxylic acids is 5. The monoisotopic (exact) mass is 727 g/mol. The summed E-state index contributed by atoms with van der Waals surface area (Å²) in [6.07, 6.45) is 0.866. The van der Waals surface area contributed by atoms with Crippen LogP contribution in [0.1, 0.15) is 66.2 Å². The summed E-state index contributed by atoms with van der Waals surface area (Å²) < 4.78 is 0.277. The summed E-state index contributed by atoms with van der Waals surface area (Å²) in [5, 5.41) is 20.9. The van der Waals surface area contributed by atoms with Gasteiger partial charge in [0.15, 0.2) is 18.0 Å². The number of carboxylic acid groups (broad SMARTS) is 1. The third-order valence-electron chi connectivity index (χ3n) is 8.26. The minimum absolute atomic E-state index is 0.0435. The van der Waals surface area contributed by atoms with Crippen LogP contribution in [0.25, 0.3) is 0 Å². The van der Waals surface area contributed by atoms with Crippen LogP contribution < -0.4 is 44.2 Å². The first kappa shape index (κ1) is 46.3. The number of likely N-dealkylation sites (N-methyl/N-ethyl adjacent to an activating group) is 2. The van der Waals surface area contributed by atoms with Gasteiger partial charge in [-0.05, 0) is 37.5 Å². The van der Waals surface area contributed by atoms with Crippen LogP contribution in [0, 0.1) is 11.8 Å². The zero-order valence-electron chi connectivity index (χ0n) is 31.7. The number of nitrogens with two attached hydrogens (primary N) is 4. The predicted molar refractivity (Wildman–Crippen MR) is 195 cm³/mol. The Morgan fingerprint density at radius 2 is 1.31 bits per heavy atom. The Hall–Kier alpha value is -4.68. The molecule has 0 aliphatic heterocycles. The van der Waals surface area contributed by atoms with Crippen molar-refractivity contribution in [3.63, 3.8) is 0 Å². The number of nitrogens with zero attached hydrogens (tertiary/aromatic N) is 4. The van der Waals surface area contributed by atoms with E-state index in [1.54, 1.807) is 27.7 Å². The first-order chi connectivity index (χ1) is 23.5. The van der Waals surface area contributed by atoms with Gasteiger partial charge >= 0.3 is 5.97 Å². The fourth-order valence-corrected chi connectivity index (χ4v) is 5.21. The minimum atomic E-state index is -1.39. The van der Waals surface area contributed by atoms with E-state index in [-0.39, 0.29) is 47.5 Å². The zero-order chi connectivity index (χ0) is 39.6. The molecule has 0 aromatic heterocycles. The van der Waals surface area contributed by atoms with Crippen LogP contribution in [0.3, 0.4) is 0 Å². The lowest BCUT2D eigenvalue weighted by Crippen LogP contribution is -2.62. The Morgan fingerprint density at radius 1 is 0.784 bits per heavy atom. The molecule has 0 bridgehead atoms. The largest absolute Gasteiger partial charge is 0.480 e. The molecule has 51 heavy (non-hydrogen) atoms. The number of primary amides is 1. The van der Waals surface area contributed by atoms with Crippen molar-refractivity contribution in [1.29, 1.82) is 0 Å². The van der Waals surface area contributed by atoms with Gasteiger partial charge in [0.1, 0.15) is 24.2 Å². The van der Waals surface area contributed by atoms with Gasteiger partial charge in [-0.3, -0.25) is 34.0 Å². The summed E-state index contributed by atoms with van der Waals surface area (Å²) in [5.74, 6) is -5.11. The first-order valence-corrected chi connectivity index (χ1v) is 17.1. The van der Waals surface area contributed by atoms with E-state index in [0.717, 1.165) is 4.90 Å². The molecule has 0 heterocycles. The molecule has 0 aromatic carbocycles. The summed E-state index contributed by atoms with van der Waals surface area (Å²) >= 11 is 0. The molecule has 0 aliphatic rings. The maximum Gasteiger partial charge on any atom is 0.326 e. The van der Waals surface area contributed by atoms with Gasteiger partial charge in [0.05, 0.1) is 21.1 Å². The van der Waals surface area contributed by atoms with E-state index >= 15 is 0 Å². The van der Waals surface area contributed by atoms with E-state index in [2.05, 4.69) is 31.3 Å². The molecule has 19 heteroatoms. The summed E-state index contributed by atoms with van der Waals surface area (Å²) in [7, 11) is 8.35. The Morgan fingerprint density at radius 3 is 1.76 bits per heavy atom. The number of quaternary nitrogens is 1. The molecule has 0 radical (unpaired) electrons. The highest BCUT2D eigenvalue weighted by Crippen LogP contribution is 2.15. The Bertz CT molecular complexity index is 1250. The smallest absolute Gasteiger partial charge is 0.326 e. The fourth-order valence-electron chi connectivity index (χ4n) is 5.21. The van der Waals surface area contributed by atoms with Gasteiger partial charge in [-0.1, -0.05) is 27.7 Å². The number of nitrogens with one attached hydrogen (secondary N) is 4. The number of carboxylic acids is 1. The zero-order valence-corrected chi connectivity index (χ0v) is 31.7. The third kappa shape index (κ3) is 17.2. The van der Waals surface area contributed by atoms with Crippen LogP contribution in [-0.4, -0.2) is 140 Å². The third-order valence-corrected chi connectivity index (χ3v) is 8.26. The molecule has 0 aromatic rings. The van der Waals surface area contributed by atoms with Gasteiger partial charge in [0.2, 0.25) is 23.6 Å². The van der Waals surface area contributed by atoms with E-state index in [4.69, 9.17) is 22.9 Å². The lowest BCUT2D eigenvalue weighted by molar-refractivity contribution is -0.886. The lowest BCUT2D eigenvalue weighted by Gasteiger charge is -2.35. The van der Waals surface area contributed by atoms with Crippen LogP contribution in [0.4, 0.5) is 0 Å². The molecule has 0 saturated heterocycles. The maximum atomic E-state index is 13.8. The number of aliphatic imine (C=N–C) groups is 2. The van der Waals surface area contributed by atoms with E-state index < -0.39 is 65.7 Å². The maximum absolute atomic E-state index is 13.8. The molecule has 0 saturated carbocycles. The number of hydrogen-bond acceptors (Lipinski definition) is 8. The molecule has 292 valence electrons. The topological polar surface area (TPSA) is 303 Å².